The van der Waals surface area contributed by atoms with Crippen LogP contribution in [0.15, 0.2) is 0 Å². The van der Waals surface area contributed by atoms with E-state index in [1.807, 2.05) is 0 Å². The number of carbonyl (C=O) groups is 3. The monoisotopic (exact) mass is 271 g/mol. The van der Waals surface area contributed by atoms with Gasteiger partial charge in [-0.1, -0.05) is 6.92 Å². The van der Waals surface area contributed by atoms with Crippen LogP contribution in [0.5, 0.6) is 0 Å². The molecule has 0 saturated heterocycles. The fourth-order valence-corrected chi connectivity index (χ4v) is 1.55. The van der Waals surface area contributed by atoms with Gasteiger partial charge in [-0.2, -0.15) is 0 Å². The van der Waals surface area contributed by atoms with Crippen LogP contribution in [-0.4, -0.2) is 41.1 Å². The normalized spacial score (nSPS) is 17.2. The lowest BCUT2D eigenvalue weighted by molar-refractivity contribution is -0.137. The Hall–Kier alpha value is -1.79. The molecule has 7 heteroatoms. The van der Waals surface area contributed by atoms with Crippen molar-refractivity contribution in [3.05, 3.63) is 0 Å². The third-order valence-corrected chi connectivity index (χ3v) is 2.91. The fourth-order valence-electron chi connectivity index (χ4n) is 1.55. The summed E-state index contributed by atoms with van der Waals surface area (Å²) in [6, 6.07) is -1.35. The smallest absolute Gasteiger partial charge is 0.315 e. The molecule has 108 valence electrons. The van der Waals surface area contributed by atoms with Crippen LogP contribution in [0, 0.1) is 0 Å². The van der Waals surface area contributed by atoms with Crippen LogP contribution >= 0.6 is 0 Å². The van der Waals surface area contributed by atoms with E-state index in [4.69, 9.17) is 5.11 Å². The van der Waals surface area contributed by atoms with Crippen molar-refractivity contribution in [3.63, 3.8) is 0 Å². The van der Waals surface area contributed by atoms with Crippen molar-refractivity contribution in [2.45, 2.75) is 57.7 Å². The van der Waals surface area contributed by atoms with Crippen molar-refractivity contribution in [1.82, 2.24) is 16.0 Å². The van der Waals surface area contributed by atoms with Gasteiger partial charge in [-0.15, -0.1) is 0 Å². The number of rotatable bonds is 7. The van der Waals surface area contributed by atoms with Crippen LogP contribution in [-0.2, 0) is 9.59 Å². The molecule has 4 N–H and O–H groups in total. The summed E-state index contributed by atoms with van der Waals surface area (Å²) in [7, 11) is 0. The summed E-state index contributed by atoms with van der Waals surface area (Å²) >= 11 is 0. The second-order valence-electron chi connectivity index (χ2n) is 4.83. The van der Waals surface area contributed by atoms with Gasteiger partial charge in [-0.05, 0) is 26.2 Å². The summed E-state index contributed by atoms with van der Waals surface area (Å²) in [5.74, 6) is -1.18. The molecule has 0 heterocycles. The van der Waals surface area contributed by atoms with Gasteiger partial charge in [0.2, 0.25) is 5.91 Å². The number of nitrogens with one attached hydrogen (secondary N) is 3. The summed E-state index contributed by atoms with van der Waals surface area (Å²) in [6.07, 6.45) is 2.36. The molecule has 0 bridgehead atoms. The Morgan fingerprint density at radius 3 is 2.37 bits per heavy atom. The Morgan fingerprint density at radius 1 is 1.26 bits per heavy atom. The minimum atomic E-state index is -0.966. The van der Waals surface area contributed by atoms with Gasteiger partial charge in [-0.25, -0.2) is 4.79 Å². The summed E-state index contributed by atoms with van der Waals surface area (Å²) in [5, 5.41) is 16.5. The topological polar surface area (TPSA) is 108 Å². The van der Waals surface area contributed by atoms with E-state index in [1.165, 1.54) is 0 Å². The summed E-state index contributed by atoms with van der Waals surface area (Å²) in [4.78, 5) is 33.8. The maximum absolute atomic E-state index is 11.6. The predicted octanol–water partition coefficient (Wildman–Crippen LogP) is 0.206. The molecular weight excluding hydrogens is 250 g/mol. The van der Waals surface area contributed by atoms with Crippen LogP contribution in [0.25, 0.3) is 0 Å². The average molecular weight is 271 g/mol. The minimum Gasteiger partial charge on any atom is -0.481 e. The molecule has 0 spiro atoms. The van der Waals surface area contributed by atoms with E-state index in [-0.39, 0.29) is 18.4 Å². The second kappa shape index (κ2) is 6.96. The quantitative estimate of drug-likeness (QED) is 0.530. The standard InChI is InChI=1S/C12H21N3O4/c1-3-8(6-10(16)17)15-12(19)13-7(2)11(18)14-9-4-5-9/h7-9H,3-6H2,1-2H3,(H,14,18)(H,16,17)(H2,13,15,19). The van der Waals surface area contributed by atoms with E-state index in [2.05, 4.69) is 16.0 Å². The number of carbonyl (C=O) groups excluding carboxylic acids is 2. The molecule has 0 aromatic carbocycles. The molecule has 1 aliphatic carbocycles. The van der Waals surface area contributed by atoms with E-state index in [9.17, 15) is 14.4 Å². The highest BCUT2D eigenvalue weighted by Crippen LogP contribution is 2.18. The maximum atomic E-state index is 11.6. The molecule has 3 amide bonds. The van der Waals surface area contributed by atoms with Gasteiger partial charge in [-0.3, -0.25) is 9.59 Å². The first kappa shape index (κ1) is 15.3. The number of aliphatic carboxylic acids is 1. The zero-order valence-corrected chi connectivity index (χ0v) is 11.2. The van der Waals surface area contributed by atoms with Gasteiger partial charge in [0.05, 0.1) is 6.42 Å². The first-order valence-electron chi connectivity index (χ1n) is 6.51. The van der Waals surface area contributed by atoms with E-state index in [0.717, 1.165) is 12.8 Å². The molecule has 1 saturated carbocycles. The van der Waals surface area contributed by atoms with Crippen molar-refractivity contribution in [2.24, 2.45) is 0 Å². The highest BCUT2D eigenvalue weighted by molar-refractivity contribution is 5.87. The van der Waals surface area contributed by atoms with Crippen LogP contribution in [0.2, 0.25) is 0 Å². The highest BCUT2D eigenvalue weighted by Gasteiger charge is 2.26. The number of hydrogen-bond acceptors (Lipinski definition) is 3. The zero-order valence-electron chi connectivity index (χ0n) is 11.2. The van der Waals surface area contributed by atoms with E-state index < -0.39 is 24.1 Å². The largest absolute Gasteiger partial charge is 0.481 e. The third-order valence-electron chi connectivity index (χ3n) is 2.91. The van der Waals surface area contributed by atoms with Crippen LogP contribution in [0.4, 0.5) is 4.79 Å². The molecule has 7 nitrogen and oxygen atoms in total. The molecule has 0 aromatic heterocycles. The van der Waals surface area contributed by atoms with Crippen molar-refractivity contribution in [3.8, 4) is 0 Å². The number of carboxylic acid groups (broad SMARTS) is 1. The van der Waals surface area contributed by atoms with E-state index in [1.54, 1.807) is 13.8 Å². The maximum Gasteiger partial charge on any atom is 0.315 e. The van der Waals surface area contributed by atoms with Crippen molar-refractivity contribution < 1.29 is 19.5 Å². The molecule has 2 atom stereocenters. The van der Waals surface area contributed by atoms with E-state index in [0.29, 0.717) is 6.42 Å². The van der Waals surface area contributed by atoms with Gasteiger partial charge in [0.15, 0.2) is 0 Å². The molecular formula is C12H21N3O4. The predicted molar refractivity (Wildman–Crippen MR) is 68.6 cm³/mol. The lowest BCUT2D eigenvalue weighted by atomic mass is 10.1. The van der Waals surface area contributed by atoms with Crippen molar-refractivity contribution in [2.75, 3.05) is 0 Å². The Balaban J connectivity index is 2.31. The molecule has 0 aromatic rings. The Kier molecular flexibility index (Phi) is 5.59. The highest BCUT2D eigenvalue weighted by atomic mass is 16.4. The zero-order chi connectivity index (χ0) is 14.4. The Labute approximate surface area is 112 Å². The molecule has 19 heavy (non-hydrogen) atoms. The van der Waals surface area contributed by atoms with Gasteiger partial charge in [0.25, 0.3) is 0 Å². The summed E-state index contributed by atoms with van der Waals surface area (Å²) < 4.78 is 0. The summed E-state index contributed by atoms with van der Waals surface area (Å²) in [5.41, 5.74) is 0. The van der Waals surface area contributed by atoms with Gasteiger partial charge >= 0.3 is 12.0 Å². The van der Waals surface area contributed by atoms with Crippen molar-refractivity contribution >= 4 is 17.9 Å². The number of amides is 3. The van der Waals surface area contributed by atoms with Crippen LogP contribution in [0.3, 0.4) is 0 Å². The van der Waals surface area contributed by atoms with Crippen molar-refractivity contribution in [1.29, 1.82) is 0 Å². The molecule has 2 unspecified atom stereocenters. The Morgan fingerprint density at radius 2 is 1.89 bits per heavy atom. The van der Waals surface area contributed by atoms with E-state index >= 15 is 0 Å². The van der Waals surface area contributed by atoms with Gasteiger partial charge < -0.3 is 21.1 Å². The number of urea groups is 1. The first-order valence-corrected chi connectivity index (χ1v) is 6.51. The molecule has 0 aliphatic heterocycles. The van der Waals surface area contributed by atoms with Crippen LogP contribution < -0.4 is 16.0 Å². The third kappa shape index (κ3) is 6.08. The van der Waals surface area contributed by atoms with Gasteiger partial charge in [0, 0.05) is 12.1 Å². The molecule has 1 fully saturated rings. The Bertz CT molecular complexity index is 355. The minimum absolute atomic E-state index is 0.132. The average Bonchev–Trinajstić information content (AvgIpc) is 3.11. The van der Waals surface area contributed by atoms with Gasteiger partial charge in [0.1, 0.15) is 6.04 Å². The first-order chi connectivity index (χ1) is 8.92. The van der Waals surface area contributed by atoms with Crippen LogP contribution in [0.1, 0.15) is 39.5 Å². The number of carboxylic acids is 1. The molecule has 1 rings (SSSR count). The second-order valence-corrected chi connectivity index (χ2v) is 4.83. The molecule has 1 aliphatic rings. The SMILES string of the molecule is CCC(CC(=O)O)NC(=O)NC(C)C(=O)NC1CC1. The molecule has 0 radical (unpaired) electrons. The lowest BCUT2D eigenvalue weighted by Crippen LogP contribution is -2.51. The number of hydrogen-bond donors (Lipinski definition) is 4. The summed E-state index contributed by atoms with van der Waals surface area (Å²) in [6.45, 7) is 3.38. The fraction of sp³-hybridized carbons (Fsp3) is 0.750. The lowest BCUT2D eigenvalue weighted by Gasteiger charge is -2.18.